The molecular formula is C12H7S. The number of hydrogen-bond donors (Lipinski definition) is 0. The fourth-order valence-electron chi connectivity index (χ4n) is 1.91. The van der Waals surface area contributed by atoms with Crippen LogP contribution in [0.15, 0.2) is 47.4 Å². The number of hydrogen-bond acceptors (Lipinski definition) is 0. The lowest BCUT2D eigenvalue weighted by Gasteiger charge is -2.24. The summed E-state index contributed by atoms with van der Waals surface area (Å²) >= 11 is 5.27. The van der Waals surface area contributed by atoms with E-state index in [0.29, 0.717) is 0 Å². The quantitative estimate of drug-likeness (QED) is 0.496. The Bertz CT molecular complexity index is 486. The molecule has 61 valence electrons. The van der Waals surface area contributed by atoms with Gasteiger partial charge >= 0.3 is 0 Å². The smallest absolute Gasteiger partial charge is 0.0461 e. The van der Waals surface area contributed by atoms with E-state index in [4.69, 9.17) is 12.6 Å². The molecule has 0 fully saturated rings. The lowest BCUT2D eigenvalue weighted by Crippen LogP contribution is -1.98. The molecule has 1 aliphatic carbocycles. The van der Waals surface area contributed by atoms with Crippen molar-refractivity contribution in [3.63, 3.8) is 0 Å². The lowest BCUT2D eigenvalue weighted by molar-refractivity contribution is 1.40. The summed E-state index contributed by atoms with van der Waals surface area (Å²) in [6.45, 7) is 0. The van der Waals surface area contributed by atoms with Crippen molar-refractivity contribution in [2.45, 2.75) is 4.90 Å². The van der Waals surface area contributed by atoms with Crippen LogP contribution in [-0.4, -0.2) is 0 Å². The zero-order valence-corrected chi connectivity index (χ0v) is 7.77. The molecule has 0 saturated heterocycles. The van der Waals surface area contributed by atoms with Crippen LogP contribution in [-0.2, 0) is 0 Å². The number of benzene rings is 2. The second-order valence-corrected chi connectivity index (χ2v) is 3.66. The van der Waals surface area contributed by atoms with Gasteiger partial charge in [0.1, 0.15) is 0 Å². The molecule has 0 heterocycles. The van der Waals surface area contributed by atoms with E-state index in [1.165, 1.54) is 22.3 Å². The summed E-state index contributed by atoms with van der Waals surface area (Å²) in [6, 6.07) is 14.6. The molecule has 13 heavy (non-hydrogen) atoms. The molecule has 0 atom stereocenters. The van der Waals surface area contributed by atoms with Gasteiger partial charge in [-0.15, -0.1) is 0 Å². The highest BCUT2D eigenvalue weighted by Gasteiger charge is 2.23. The minimum Gasteiger partial charge on any atom is -0.0794 e. The Balaban J connectivity index is 2.35. The van der Waals surface area contributed by atoms with Gasteiger partial charge in [-0.3, -0.25) is 0 Å². The van der Waals surface area contributed by atoms with Gasteiger partial charge < -0.3 is 0 Å². The molecule has 1 heteroatoms. The highest BCUT2D eigenvalue weighted by atomic mass is 32.1. The Kier molecular flexibility index (Phi) is 1.27. The van der Waals surface area contributed by atoms with Crippen LogP contribution >= 0.6 is 12.6 Å². The van der Waals surface area contributed by atoms with Crippen molar-refractivity contribution in [3.8, 4) is 22.3 Å². The fraction of sp³-hybridized carbons (Fsp3) is 0. The molecular weight excluding hydrogens is 176 g/mol. The Morgan fingerprint density at radius 1 is 0.692 bits per heavy atom. The van der Waals surface area contributed by atoms with E-state index in [0.717, 1.165) is 4.90 Å². The molecule has 0 spiro atoms. The van der Waals surface area contributed by atoms with Crippen LogP contribution in [0.3, 0.4) is 0 Å². The average molecular weight is 183 g/mol. The molecule has 0 aliphatic heterocycles. The highest BCUT2D eigenvalue weighted by molar-refractivity contribution is 7.80. The van der Waals surface area contributed by atoms with Crippen LogP contribution in [0, 0.1) is 0 Å². The first kappa shape index (κ1) is 7.10. The maximum absolute atomic E-state index is 5.27. The standard InChI is InChI=1S/C12H7S/c13-11-7-3-6-10-8-4-1-2-5-9(8)12(10)11/h1-7H. The van der Waals surface area contributed by atoms with Gasteiger partial charge in [-0.05, 0) is 22.8 Å². The molecule has 2 aromatic rings. The van der Waals surface area contributed by atoms with E-state index >= 15 is 0 Å². The summed E-state index contributed by atoms with van der Waals surface area (Å²) in [5.74, 6) is 0. The molecule has 0 N–H and O–H groups in total. The van der Waals surface area contributed by atoms with Gasteiger partial charge in [0.25, 0.3) is 0 Å². The first-order chi connectivity index (χ1) is 6.38. The average Bonchev–Trinajstić information content (AvgIpc) is 2.14. The van der Waals surface area contributed by atoms with Crippen LogP contribution < -0.4 is 0 Å². The molecule has 0 aromatic heterocycles. The molecule has 0 unspecified atom stereocenters. The van der Waals surface area contributed by atoms with Crippen LogP contribution in [0.1, 0.15) is 0 Å². The number of fused-ring (bicyclic) bond motifs is 4. The second-order valence-electron chi connectivity index (χ2n) is 3.22. The summed E-state index contributed by atoms with van der Waals surface area (Å²) in [5.41, 5.74) is 5.21. The maximum atomic E-state index is 5.27. The normalized spacial score (nSPS) is 11.4. The van der Waals surface area contributed by atoms with Crippen molar-refractivity contribution in [1.29, 1.82) is 0 Å². The van der Waals surface area contributed by atoms with Gasteiger partial charge in [-0.25, -0.2) is 0 Å². The second kappa shape index (κ2) is 2.33. The summed E-state index contributed by atoms with van der Waals surface area (Å²) in [6.07, 6.45) is 0. The first-order valence-electron chi connectivity index (χ1n) is 4.28. The predicted molar refractivity (Wildman–Crippen MR) is 56.7 cm³/mol. The summed E-state index contributed by atoms with van der Waals surface area (Å²) < 4.78 is 0. The van der Waals surface area contributed by atoms with E-state index < -0.39 is 0 Å². The molecule has 0 bridgehead atoms. The zero-order chi connectivity index (χ0) is 8.84. The largest absolute Gasteiger partial charge is 0.0794 e. The van der Waals surface area contributed by atoms with Crippen molar-refractivity contribution in [1.82, 2.24) is 0 Å². The SMILES string of the molecule is [S]c1cccc2c1-c1ccccc1-2. The monoisotopic (exact) mass is 183 g/mol. The molecule has 2 aromatic carbocycles. The van der Waals surface area contributed by atoms with Gasteiger partial charge in [0.05, 0.1) is 0 Å². The summed E-state index contributed by atoms with van der Waals surface area (Å²) in [7, 11) is 0. The van der Waals surface area contributed by atoms with Crippen molar-refractivity contribution < 1.29 is 0 Å². The molecule has 3 rings (SSSR count). The first-order valence-corrected chi connectivity index (χ1v) is 4.68. The van der Waals surface area contributed by atoms with Crippen LogP contribution in [0.4, 0.5) is 0 Å². The molecule has 0 saturated carbocycles. The molecule has 0 nitrogen and oxygen atoms in total. The summed E-state index contributed by atoms with van der Waals surface area (Å²) in [5, 5.41) is 0. The van der Waals surface area contributed by atoms with Gasteiger partial charge in [-0.1, -0.05) is 49.0 Å². The van der Waals surface area contributed by atoms with Gasteiger partial charge in [-0.2, -0.15) is 0 Å². The van der Waals surface area contributed by atoms with Crippen molar-refractivity contribution in [3.05, 3.63) is 42.5 Å². The minimum atomic E-state index is 0.969. The topological polar surface area (TPSA) is 0 Å². The van der Waals surface area contributed by atoms with E-state index in [1.807, 2.05) is 12.1 Å². The summed E-state index contributed by atoms with van der Waals surface area (Å²) in [4.78, 5) is 0.969. The van der Waals surface area contributed by atoms with Crippen molar-refractivity contribution in [2.24, 2.45) is 0 Å². The van der Waals surface area contributed by atoms with Crippen LogP contribution in [0.2, 0.25) is 0 Å². The van der Waals surface area contributed by atoms with E-state index in [2.05, 4.69) is 30.3 Å². The van der Waals surface area contributed by atoms with Crippen molar-refractivity contribution in [2.75, 3.05) is 0 Å². The van der Waals surface area contributed by atoms with E-state index in [1.54, 1.807) is 0 Å². The van der Waals surface area contributed by atoms with E-state index in [-0.39, 0.29) is 0 Å². The minimum absolute atomic E-state index is 0.969. The zero-order valence-electron chi connectivity index (χ0n) is 6.95. The molecule has 1 radical (unpaired) electrons. The van der Waals surface area contributed by atoms with E-state index in [9.17, 15) is 0 Å². The third-order valence-electron chi connectivity index (χ3n) is 2.51. The Labute approximate surface area is 82.6 Å². The van der Waals surface area contributed by atoms with Crippen LogP contribution in [0.25, 0.3) is 22.3 Å². The Hall–Kier alpha value is -1.34. The highest BCUT2D eigenvalue weighted by Crippen LogP contribution is 2.49. The lowest BCUT2D eigenvalue weighted by atomic mass is 9.81. The number of rotatable bonds is 0. The third kappa shape index (κ3) is 0.798. The third-order valence-corrected chi connectivity index (χ3v) is 2.85. The van der Waals surface area contributed by atoms with Gasteiger partial charge in [0.2, 0.25) is 0 Å². The Morgan fingerprint density at radius 2 is 1.38 bits per heavy atom. The molecule has 0 amide bonds. The molecule has 1 aliphatic rings. The Morgan fingerprint density at radius 3 is 2.23 bits per heavy atom. The predicted octanol–water partition coefficient (Wildman–Crippen LogP) is 3.89. The fourth-order valence-corrected chi connectivity index (χ4v) is 2.21. The van der Waals surface area contributed by atoms with Crippen LogP contribution in [0.5, 0.6) is 0 Å². The van der Waals surface area contributed by atoms with Gasteiger partial charge in [0, 0.05) is 10.5 Å². The van der Waals surface area contributed by atoms with Gasteiger partial charge in [0.15, 0.2) is 0 Å². The maximum Gasteiger partial charge on any atom is 0.0461 e. The van der Waals surface area contributed by atoms with Crippen molar-refractivity contribution >= 4 is 12.6 Å².